The molecule has 1 heterocycles. The first-order chi connectivity index (χ1) is 14.8. The van der Waals surface area contributed by atoms with Gasteiger partial charge in [-0.3, -0.25) is 14.9 Å². The van der Waals surface area contributed by atoms with Crippen molar-refractivity contribution in [2.24, 2.45) is 11.8 Å². The minimum Gasteiger partial charge on any atom is -0.493 e. The molecule has 1 saturated carbocycles. The lowest BCUT2D eigenvalue weighted by Gasteiger charge is -2.20. The molecule has 0 radical (unpaired) electrons. The third kappa shape index (κ3) is 8.10. The van der Waals surface area contributed by atoms with Crippen molar-refractivity contribution in [2.45, 2.75) is 57.9 Å². The van der Waals surface area contributed by atoms with Crippen LogP contribution in [0, 0.1) is 11.8 Å². The summed E-state index contributed by atoms with van der Waals surface area (Å²) in [6.07, 6.45) is 9.09. The second-order valence-electron chi connectivity index (χ2n) is 8.50. The summed E-state index contributed by atoms with van der Waals surface area (Å²) in [5.41, 5.74) is 0.866. The van der Waals surface area contributed by atoms with Gasteiger partial charge in [0.2, 0.25) is 21.8 Å². The van der Waals surface area contributed by atoms with Crippen LogP contribution in [-0.4, -0.2) is 32.6 Å². The van der Waals surface area contributed by atoms with Crippen molar-refractivity contribution in [1.82, 2.24) is 10.0 Å². The molecule has 1 aromatic rings. The summed E-state index contributed by atoms with van der Waals surface area (Å²) in [7, 11) is -3.46. The Balaban J connectivity index is 1.38. The molecule has 2 aliphatic rings. The SMILES string of the molecule is C[C@@H](NS(=O)(=O)C/C=C/CCCC1CCC(=O)NC1=O)c1cccc(OCC2CC2)c1. The van der Waals surface area contributed by atoms with E-state index in [1.54, 1.807) is 6.08 Å². The molecule has 1 aliphatic heterocycles. The van der Waals surface area contributed by atoms with Crippen molar-refractivity contribution in [1.29, 1.82) is 0 Å². The number of benzene rings is 1. The van der Waals surface area contributed by atoms with E-state index in [2.05, 4.69) is 10.0 Å². The highest BCUT2D eigenvalue weighted by Crippen LogP contribution is 2.30. The molecule has 1 aromatic carbocycles. The van der Waals surface area contributed by atoms with Gasteiger partial charge in [-0.2, -0.15) is 0 Å². The summed E-state index contributed by atoms with van der Waals surface area (Å²) >= 11 is 0. The Bertz CT molecular complexity index is 908. The largest absolute Gasteiger partial charge is 0.493 e. The van der Waals surface area contributed by atoms with Crippen LogP contribution in [0.15, 0.2) is 36.4 Å². The van der Waals surface area contributed by atoms with Gasteiger partial charge in [0.25, 0.3) is 0 Å². The maximum Gasteiger partial charge on any atom is 0.229 e. The van der Waals surface area contributed by atoms with Gasteiger partial charge in [-0.25, -0.2) is 13.1 Å². The second-order valence-corrected chi connectivity index (χ2v) is 10.3. The lowest BCUT2D eigenvalue weighted by atomic mass is 9.93. The van der Waals surface area contributed by atoms with E-state index < -0.39 is 10.0 Å². The molecular formula is C23H32N2O5S. The summed E-state index contributed by atoms with van der Waals surface area (Å²) < 4.78 is 33.3. The topological polar surface area (TPSA) is 102 Å². The van der Waals surface area contributed by atoms with Crippen LogP contribution in [0.25, 0.3) is 0 Å². The van der Waals surface area contributed by atoms with E-state index in [-0.39, 0.29) is 29.5 Å². The number of sulfonamides is 1. The Morgan fingerprint density at radius 3 is 2.77 bits per heavy atom. The maximum atomic E-state index is 12.4. The Kier molecular flexibility index (Phi) is 8.26. The second kappa shape index (κ2) is 10.9. The van der Waals surface area contributed by atoms with Crippen molar-refractivity contribution >= 4 is 21.8 Å². The number of carbonyl (C=O) groups excluding carboxylic acids is 2. The highest BCUT2D eigenvalue weighted by atomic mass is 32.2. The Hall–Kier alpha value is -2.19. The number of allylic oxidation sites excluding steroid dienone is 1. The highest BCUT2D eigenvalue weighted by Gasteiger charge is 2.25. The fraction of sp³-hybridized carbons (Fsp3) is 0.565. The Labute approximate surface area is 184 Å². The van der Waals surface area contributed by atoms with Crippen molar-refractivity contribution in [2.75, 3.05) is 12.4 Å². The molecule has 7 nitrogen and oxygen atoms in total. The smallest absolute Gasteiger partial charge is 0.229 e. The zero-order chi connectivity index (χ0) is 22.3. The first kappa shape index (κ1) is 23.5. The number of hydrogen-bond donors (Lipinski definition) is 2. The van der Waals surface area contributed by atoms with Gasteiger partial charge in [0.1, 0.15) is 5.75 Å². The van der Waals surface area contributed by atoms with E-state index in [0.717, 1.165) is 24.3 Å². The quantitative estimate of drug-likeness (QED) is 0.290. The Morgan fingerprint density at radius 2 is 2.03 bits per heavy atom. The number of piperidine rings is 1. The van der Waals surface area contributed by atoms with Crippen molar-refractivity contribution in [3.05, 3.63) is 42.0 Å². The van der Waals surface area contributed by atoms with Crippen LogP contribution in [0.5, 0.6) is 5.75 Å². The molecule has 2 atom stereocenters. The van der Waals surface area contributed by atoms with Crippen LogP contribution in [0.2, 0.25) is 0 Å². The molecule has 0 bridgehead atoms. The van der Waals surface area contributed by atoms with E-state index in [1.165, 1.54) is 12.8 Å². The van der Waals surface area contributed by atoms with Crippen LogP contribution in [0.3, 0.4) is 0 Å². The molecule has 8 heteroatoms. The zero-order valence-corrected chi connectivity index (χ0v) is 18.8. The molecule has 2 amide bonds. The van der Waals surface area contributed by atoms with E-state index >= 15 is 0 Å². The van der Waals surface area contributed by atoms with Crippen LogP contribution in [0.4, 0.5) is 0 Å². The van der Waals surface area contributed by atoms with Crippen LogP contribution in [0.1, 0.15) is 63.5 Å². The van der Waals surface area contributed by atoms with Gasteiger partial charge in [0.05, 0.1) is 12.4 Å². The maximum absolute atomic E-state index is 12.4. The fourth-order valence-electron chi connectivity index (χ4n) is 3.57. The monoisotopic (exact) mass is 448 g/mol. The molecule has 1 saturated heterocycles. The predicted molar refractivity (Wildman–Crippen MR) is 119 cm³/mol. The molecule has 3 rings (SSSR count). The minimum absolute atomic E-state index is 0.0897. The van der Waals surface area contributed by atoms with Crippen LogP contribution < -0.4 is 14.8 Å². The number of imide groups is 1. The number of unbranched alkanes of at least 4 members (excludes halogenated alkanes) is 1. The summed E-state index contributed by atoms with van der Waals surface area (Å²) in [5, 5.41) is 2.36. The van der Waals surface area contributed by atoms with Gasteiger partial charge in [-0.05, 0) is 69.1 Å². The fourth-order valence-corrected chi connectivity index (χ4v) is 4.73. The number of nitrogens with one attached hydrogen (secondary N) is 2. The lowest BCUT2D eigenvalue weighted by Crippen LogP contribution is -2.40. The first-order valence-electron chi connectivity index (χ1n) is 11.0. The molecule has 31 heavy (non-hydrogen) atoms. The minimum atomic E-state index is -3.46. The summed E-state index contributed by atoms with van der Waals surface area (Å²) in [6, 6.07) is 7.20. The van der Waals surface area contributed by atoms with E-state index in [1.807, 2.05) is 37.3 Å². The molecule has 2 N–H and O–H groups in total. The highest BCUT2D eigenvalue weighted by molar-refractivity contribution is 7.89. The molecule has 2 fully saturated rings. The van der Waals surface area contributed by atoms with Crippen LogP contribution >= 0.6 is 0 Å². The molecule has 170 valence electrons. The number of ether oxygens (including phenoxy) is 1. The van der Waals surface area contributed by atoms with E-state index in [9.17, 15) is 18.0 Å². The zero-order valence-electron chi connectivity index (χ0n) is 18.0. The molecule has 0 spiro atoms. The van der Waals surface area contributed by atoms with Gasteiger partial charge in [0.15, 0.2) is 0 Å². The van der Waals surface area contributed by atoms with Gasteiger partial charge in [-0.1, -0.05) is 24.3 Å². The summed E-state index contributed by atoms with van der Waals surface area (Å²) in [4.78, 5) is 22.9. The average molecular weight is 449 g/mol. The van der Waals surface area contributed by atoms with Gasteiger partial charge < -0.3 is 4.74 Å². The number of carbonyl (C=O) groups is 2. The standard InChI is InChI=1S/C23H32N2O5S/c1-17(20-8-6-9-21(15-20)30-16-18-10-11-18)25-31(28,29)14-5-3-2-4-7-19-12-13-22(26)24-23(19)27/h3,5-6,8-9,15,17-19,25H,2,4,7,10-14,16H2,1H3,(H,24,26,27)/b5-3+/t17-,19?/m1/s1. The molecule has 1 unspecified atom stereocenters. The normalized spacial score (nSPS) is 20.6. The van der Waals surface area contributed by atoms with E-state index in [0.29, 0.717) is 31.6 Å². The van der Waals surface area contributed by atoms with Gasteiger partial charge in [0, 0.05) is 18.4 Å². The molecule has 0 aromatic heterocycles. The molecule has 1 aliphatic carbocycles. The summed E-state index contributed by atoms with van der Waals surface area (Å²) in [6.45, 7) is 2.54. The average Bonchev–Trinajstić information content (AvgIpc) is 3.55. The Morgan fingerprint density at radius 1 is 1.23 bits per heavy atom. The van der Waals surface area contributed by atoms with Crippen molar-refractivity contribution < 1.29 is 22.7 Å². The van der Waals surface area contributed by atoms with Gasteiger partial charge in [-0.15, -0.1) is 0 Å². The number of rotatable bonds is 12. The van der Waals surface area contributed by atoms with Crippen LogP contribution in [-0.2, 0) is 19.6 Å². The van der Waals surface area contributed by atoms with Gasteiger partial charge >= 0.3 is 0 Å². The third-order valence-electron chi connectivity index (χ3n) is 5.66. The third-order valence-corrected chi connectivity index (χ3v) is 7.00. The molecular weight excluding hydrogens is 416 g/mol. The predicted octanol–water partition coefficient (Wildman–Crippen LogP) is 3.24. The number of amides is 2. The summed E-state index contributed by atoms with van der Waals surface area (Å²) in [5.74, 6) is 0.824. The number of hydrogen-bond acceptors (Lipinski definition) is 5. The van der Waals surface area contributed by atoms with Crippen molar-refractivity contribution in [3.8, 4) is 5.75 Å². The van der Waals surface area contributed by atoms with Crippen molar-refractivity contribution in [3.63, 3.8) is 0 Å². The van der Waals surface area contributed by atoms with E-state index in [4.69, 9.17) is 4.74 Å². The first-order valence-corrected chi connectivity index (χ1v) is 12.7. The lowest BCUT2D eigenvalue weighted by molar-refractivity contribution is -0.136.